The number of nitrogens with zero attached hydrogens (tertiary/aromatic N) is 2. The van der Waals surface area contributed by atoms with Crippen molar-refractivity contribution in [2.24, 2.45) is 0 Å². The van der Waals surface area contributed by atoms with Crippen LogP contribution >= 0.6 is 0 Å². The van der Waals surface area contributed by atoms with Crippen molar-refractivity contribution in [3.05, 3.63) is 59.1 Å². The smallest absolute Gasteiger partial charge is 0.261 e. The molecule has 1 fully saturated rings. The summed E-state index contributed by atoms with van der Waals surface area (Å²) in [7, 11) is 0. The summed E-state index contributed by atoms with van der Waals surface area (Å²) in [6, 6.07) is 12.6. The molecule has 1 aromatic heterocycles. The quantitative estimate of drug-likeness (QED) is 0.736. The van der Waals surface area contributed by atoms with Gasteiger partial charge in [-0.2, -0.15) is 0 Å². The second kappa shape index (κ2) is 6.92. The van der Waals surface area contributed by atoms with Gasteiger partial charge in [0.05, 0.1) is 17.2 Å². The number of hydrogen-bond acceptors (Lipinski definition) is 5. The van der Waals surface area contributed by atoms with Gasteiger partial charge in [-0.1, -0.05) is 12.1 Å². The second-order valence-corrected chi connectivity index (χ2v) is 7.54. The van der Waals surface area contributed by atoms with E-state index >= 15 is 0 Å². The third kappa shape index (κ3) is 3.33. The molecule has 1 spiro atoms. The van der Waals surface area contributed by atoms with Crippen LogP contribution in [-0.4, -0.2) is 21.2 Å². The van der Waals surface area contributed by atoms with Crippen LogP contribution in [0, 0.1) is 0 Å². The first-order valence-electron chi connectivity index (χ1n) is 9.88. The molecule has 1 aliphatic carbocycles. The SMILES string of the molecule is O=C(CCn1cnc2ccccc2c1=O)Nc1ccc2c(c1)OC1(CCCC1)O2. The molecule has 1 amide bonds. The molecule has 1 aliphatic heterocycles. The maximum atomic E-state index is 12.5. The predicted molar refractivity (Wildman–Crippen MR) is 108 cm³/mol. The van der Waals surface area contributed by atoms with E-state index in [9.17, 15) is 9.59 Å². The Kier molecular flexibility index (Phi) is 4.23. The van der Waals surface area contributed by atoms with Crippen molar-refractivity contribution in [2.75, 3.05) is 5.32 Å². The number of hydrogen-bond donors (Lipinski definition) is 1. The lowest BCUT2D eigenvalue weighted by atomic mass is 10.2. The summed E-state index contributed by atoms with van der Waals surface area (Å²) in [6.07, 6.45) is 5.62. The van der Waals surface area contributed by atoms with E-state index in [2.05, 4.69) is 10.3 Å². The van der Waals surface area contributed by atoms with E-state index in [-0.39, 0.29) is 24.4 Å². The largest absolute Gasteiger partial charge is 0.448 e. The van der Waals surface area contributed by atoms with Crippen molar-refractivity contribution in [3.8, 4) is 11.5 Å². The third-order valence-electron chi connectivity index (χ3n) is 5.50. The van der Waals surface area contributed by atoms with Gasteiger partial charge in [0.15, 0.2) is 11.5 Å². The first kappa shape index (κ1) is 17.7. The summed E-state index contributed by atoms with van der Waals surface area (Å²) in [6.45, 7) is 0.260. The van der Waals surface area contributed by atoms with Crippen LogP contribution in [0.1, 0.15) is 32.1 Å². The van der Waals surface area contributed by atoms with E-state index in [4.69, 9.17) is 9.47 Å². The summed E-state index contributed by atoms with van der Waals surface area (Å²) >= 11 is 0. The number of anilines is 1. The van der Waals surface area contributed by atoms with Crippen LogP contribution in [0.4, 0.5) is 5.69 Å². The molecule has 0 saturated heterocycles. The molecule has 0 unspecified atom stereocenters. The average Bonchev–Trinajstić information content (AvgIpc) is 3.33. The van der Waals surface area contributed by atoms with E-state index in [0.717, 1.165) is 31.4 Å². The zero-order valence-corrected chi connectivity index (χ0v) is 15.9. The Morgan fingerprint density at radius 3 is 2.76 bits per heavy atom. The molecular weight excluding hydrogens is 370 g/mol. The molecule has 7 heteroatoms. The molecule has 148 valence electrons. The minimum absolute atomic E-state index is 0.145. The average molecular weight is 391 g/mol. The maximum absolute atomic E-state index is 12.5. The van der Waals surface area contributed by atoms with Crippen LogP contribution in [0.3, 0.4) is 0 Å². The molecule has 2 aromatic carbocycles. The Morgan fingerprint density at radius 1 is 1.10 bits per heavy atom. The van der Waals surface area contributed by atoms with Gasteiger partial charge in [0.25, 0.3) is 11.3 Å². The molecule has 5 rings (SSSR count). The first-order chi connectivity index (χ1) is 14.1. The molecule has 2 aliphatic rings. The number of rotatable bonds is 4. The summed E-state index contributed by atoms with van der Waals surface area (Å²) in [5.41, 5.74) is 1.16. The molecule has 0 atom stereocenters. The lowest BCUT2D eigenvalue weighted by Gasteiger charge is -2.21. The number of carbonyl (C=O) groups is 1. The Balaban J connectivity index is 1.24. The molecule has 0 radical (unpaired) electrons. The first-order valence-corrected chi connectivity index (χ1v) is 9.88. The molecule has 1 N–H and O–H groups in total. The number of ether oxygens (including phenoxy) is 2. The molecule has 7 nitrogen and oxygen atoms in total. The number of carbonyl (C=O) groups excluding carboxylic acids is 1. The second-order valence-electron chi connectivity index (χ2n) is 7.54. The number of nitrogens with one attached hydrogen (secondary N) is 1. The monoisotopic (exact) mass is 391 g/mol. The van der Waals surface area contributed by atoms with Gasteiger partial charge in [-0.15, -0.1) is 0 Å². The van der Waals surface area contributed by atoms with Gasteiger partial charge < -0.3 is 14.8 Å². The van der Waals surface area contributed by atoms with Gasteiger partial charge in [0, 0.05) is 37.6 Å². The van der Waals surface area contributed by atoms with Gasteiger partial charge in [-0.05, 0) is 37.1 Å². The highest BCUT2D eigenvalue weighted by molar-refractivity contribution is 5.91. The number of fused-ring (bicyclic) bond motifs is 2. The highest BCUT2D eigenvalue weighted by Gasteiger charge is 2.44. The normalized spacial score (nSPS) is 16.4. The molecule has 0 bridgehead atoms. The summed E-state index contributed by atoms with van der Waals surface area (Å²) in [5, 5.41) is 3.42. The predicted octanol–water partition coefficient (Wildman–Crippen LogP) is 3.47. The fourth-order valence-electron chi connectivity index (χ4n) is 4.00. The zero-order valence-electron chi connectivity index (χ0n) is 15.9. The fraction of sp³-hybridized carbons (Fsp3) is 0.318. The highest BCUT2D eigenvalue weighted by Crippen LogP contribution is 2.47. The van der Waals surface area contributed by atoms with Gasteiger partial charge >= 0.3 is 0 Å². The topological polar surface area (TPSA) is 82.5 Å². The molecular formula is C22H21N3O4. The molecule has 1 saturated carbocycles. The molecule has 2 heterocycles. The number of aryl methyl sites for hydroxylation is 1. The zero-order chi connectivity index (χ0) is 19.8. The molecule has 29 heavy (non-hydrogen) atoms. The fourth-order valence-corrected chi connectivity index (χ4v) is 4.00. The van der Waals surface area contributed by atoms with Crippen LogP contribution in [0.25, 0.3) is 10.9 Å². The lowest BCUT2D eigenvalue weighted by molar-refractivity contribution is -0.116. The number of para-hydroxylation sites is 1. The Bertz CT molecular complexity index is 1150. The van der Waals surface area contributed by atoms with Crippen molar-refractivity contribution >= 4 is 22.5 Å². The Labute approximate surface area is 167 Å². The third-order valence-corrected chi connectivity index (χ3v) is 5.50. The van der Waals surface area contributed by atoms with Crippen molar-refractivity contribution in [2.45, 2.75) is 44.4 Å². The van der Waals surface area contributed by atoms with Crippen LogP contribution in [0.5, 0.6) is 11.5 Å². The van der Waals surface area contributed by atoms with Crippen LogP contribution < -0.4 is 20.3 Å². The van der Waals surface area contributed by atoms with Gasteiger partial charge in [0.1, 0.15) is 0 Å². The summed E-state index contributed by atoms with van der Waals surface area (Å²) in [4.78, 5) is 29.2. The molecule has 3 aromatic rings. The van der Waals surface area contributed by atoms with Gasteiger partial charge in [0.2, 0.25) is 5.91 Å². The lowest BCUT2D eigenvalue weighted by Crippen LogP contribution is -2.34. The van der Waals surface area contributed by atoms with Crippen molar-refractivity contribution in [1.82, 2.24) is 9.55 Å². The minimum atomic E-state index is -0.519. The van der Waals surface area contributed by atoms with E-state index < -0.39 is 5.79 Å². The number of amides is 1. The number of aromatic nitrogens is 2. The Hall–Kier alpha value is -3.35. The Morgan fingerprint density at radius 2 is 1.90 bits per heavy atom. The van der Waals surface area contributed by atoms with Crippen molar-refractivity contribution < 1.29 is 14.3 Å². The van der Waals surface area contributed by atoms with E-state index in [1.54, 1.807) is 30.3 Å². The van der Waals surface area contributed by atoms with Gasteiger partial charge in [-0.25, -0.2) is 4.98 Å². The summed E-state index contributed by atoms with van der Waals surface area (Å²) < 4.78 is 13.5. The van der Waals surface area contributed by atoms with Crippen molar-refractivity contribution in [1.29, 1.82) is 0 Å². The van der Waals surface area contributed by atoms with E-state index in [0.29, 0.717) is 22.3 Å². The number of benzene rings is 2. The van der Waals surface area contributed by atoms with Crippen LogP contribution in [0.15, 0.2) is 53.6 Å². The standard InChI is InChI=1S/C22H21N3O4/c26-20(9-12-25-14-23-17-6-2-1-5-16(17)21(25)27)24-15-7-8-18-19(13-15)29-22(28-18)10-3-4-11-22/h1-2,5-8,13-14H,3-4,9-12H2,(H,24,26). The maximum Gasteiger partial charge on any atom is 0.261 e. The van der Waals surface area contributed by atoms with Crippen LogP contribution in [-0.2, 0) is 11.3 Å². The van der Waals surface area contributed by atoms with E-state index in [1.807, 2.05) is 12.1 Å². The van der Waals surface area contributed by atoms with Crippen LogP contribution in [0.2, 0.25) is 0 Å². The van der Waals surface area contributed by atoms with Crippen molar-refractivity contribution in [3.63, 3.8) is 0 Å². The minimum Gasteiger partial charge on any atom is -0.448 e. The van der Waals surface area contributed by atoms with E-state index in [1.165, 1.54) is 10.9 Å². The summed E-state index contributed by atoms with van der Waals surface area (Å²) in [5.74, 6) is 0.688. The van der Waals surface area contributed by atoms with Gasteiger partial charge in [-0.3, -0.25) is 14.2 Å². The highest BCUT2D eigenvalue weighted by atomic mass is 16.7.